The van der Waals surface area contributed by atoms with Crippen LogP contribution in [0.25, 0.3) is 10.9 Å². The van der Waals surface area contributed by atoms with Gasteiger partial charge in [-0.3, -0.25) is 4.90 Å². The minimum atomic E-state index is 0.192. The molecule has 152 valence electrons. The van der Waals surface area contributed by atoms with Crippen LogP contribution in [0.5, 0.6) is 0 Å². The molecule has 29 heavy (non-hydrogen) atoms. The number of anilines is 1. The number of aromatic nitrogens is 2. The quantitative estimate of drug-likeness (QED) is 0.497. The van der Waals surface area contributed by atoms with Crippen LogP contribution < -0.4 is 5.32 Å². The zero-order chi connectivity index (χ0) is 20.2. The van der Waals surface area contributed by atoms with Gasteiger partial charge in [-0.25, -0.2) is 14.3 Å². The van der Waals surface area contributed by atoms with Gasteiger partial charge in [-0.15, -0.1) is 0 Å². The largest absolute Gasteiger partial charge is 0.370 e. The average molecular weight is 472 g/mol. The number of para-hydroxylation sites is 1. The summed E-state index contributed by atoms with van der Waals surface area (Å²) in [4.78, 5) is 13.5. The van der Waals surface area contributed by atoms with Crippen LogP contribution in [0.15, 0.2) is 57.9 Å². The summed E-state index contributed by atoms with van der Waals surface area (Å²) in [7, 11) is 0. The van der Waals surface area contributed by atoms with E-state index in [-0.39, 0.29) is 6.04 Å². The highest BCUT2D eigenvalue weighted by Crippen LogP contribution is 2.29. The standard InChI is InChI=1S/C22H26BrN5S/c1-3-24-22-19-6-4-5-7-20(19)25-21(26-22)16(2)27-12-14-28(15-13-27)29-18-10-8-17(23)9-11-18/h4-11,16H,3,12-15H2,1-2H3,(H,24,25,26). The summed E-state index contributed by atoms with van der Waals surface area (Å²) in [6, 6.07) is 16.9. The maximum atomic E-state index is 4.87. The first kappa shape index (κ1) is 20.6. The van der Waals surface area contributed by atoms with Crippen LogP contribution in [0.1, 0.15) is 25.7 Å². The first-order valence-corrected chi connectivity index (χ1v) is 11.6. The first-order chi connectivity index (χ1) is 14.1. The van der Waals surface area contributed by atoms with Crippen molar-refractivity contribution < 1.29 is 0 Å². The Balaban J connectivity index is 1.44. The molecule has 1 fully saturated rings. The Morgan fingerprint density at radius 2 is 1.76 bits per heavy atom. The zero-order valence-corrected chi connectivity index (χ0v) is 19.2. The Labute approximate surface area is 185 Å². The van der Waals surface area contributed by atoms with Gasteiger partial charge < -0.3 is 5.32 Å². The lowest BCUT2D eigenvalue weighted by Crippen LogP contribution is -2.44. The molecule has 1 N–H and O–H groups in total. The van der Waals surface area contributed by atoms with Crippen LogP contribution in [0.4, 0.5) is 5.82 Å². The molecule has 4 rings (SSSR count). The molecule has 1 saturated heterocycles. The van der Waals surface area contributed by atoms with Crippen molar-refractivity contribution in [2.24, 2.45) is 0 Å². The molecule has 0 bridgehead atoms. The lowest BCUT2D eigenvalue weighted by atomic mass is 10.2. The van der Waals surface area contributed by atoms with Gasteiger partial charge in [0.05, 0.1) is 11.6 Å². The highest BCUT2D eigenvalue weighted by molar-refractivity contribution is 9.10. The van der Waals surface area contributed by atoms with Crippen molar-refractivity contribution in [1.29, 1.82) is 0 Å². The number of nitrogens with zero attached hydrogens (tertiary/aromatic N) is 4. The van der Waals surface area contributed by atoms with Crippen LogP contribution in [0.3, 0.4) is 0 Å². The molecule has 0 saturated carbocycles. The van der Waals surface area contributed by atoms with Gasteiger partial charge in [0.25, 0.3) is 0 Å². The number of rotatable bonds is 6. The summed E-state index contributed by atoms with van der Waals surface area (Å²) >= 11 is 5.34. The van der Waals surface area contributed by atoms with E-state index in [4.69, 9.17) is 9.97 Å². The minimum absolute atomic E-state index is 0.192. The fourth-order valence-corrected chi connectivity index (χ4v) is 4.74. The highest BCUT2D eigenvalue weighted by atomic mass is 79.9. The molecular formula is C22H26BrN5S. The number of hydrogen-bond donors (Lipinski definition) is 1. The van der Waals surface area contributed by atoms with Gasteiger partial charge in [0.2, 0.25) is 0 Å². The molecule has 1 unspecified atom stereocenters. The van der Waals surface area contributed by atoms with E-state index < -0.39 is 0 Å². The van der Waals surface area contributed by atoms with Crippen molar-refractivity contribution in [3.63, 3.8) is 0 Å². The summed E-state index contributed by atoms with van der Waals surface area (Å²) in [5.74, 6) is 1.83. The molecule has 1 aliphatic rings. The third-order valence-corrected chi connectivity index (χ3v) is 6.84. The molecule has 0 spiro atoms. The monoisotopic (exact) mass is 471 g/mol. The Morgan fingerprint density at radius 1 is 1.03 bits per heavy atom. The van der Waals surface area contributed by atoms with Crippen molar-refractivity contribution in [2.75, 3.05) is 38.0 Å². The predicted molar refractivity (Wildman–Crippen MR) is 125 cm³/mol. The SMILES string of the molecule is CCNc1nc(C(C)N2CCN(Sc3ccc(Br)cc3)CC2)nc2ccccc12. The van der Waals surface area contributed by atoms with E-state index in [1.54, 1.807) is 0 Å². The zero-order valence-electron chi connectivity index (χ0n) is 16.8. The van der Waals surface area contributed by atoms with E-state index in [1.165, 1.54) is 4.90 Å². The predicted octanol–water partition coefficient (Wildman–Crippen LogP) is 5.21. The summed E-state index contributed by atoms with van der Waals surface area (Å²) in [5, 5.41) is 4.49. The summed E-state index contributed by atoms with van der Waals surface area (Å²) in [6.45, 7) is 9.24. The van der Waals surface area contributed by atoms with Crippen LogP contribution in [0, 0.1) is 0 Å². The molecule has 0 aliphatic carbocycles. The van der Waals surface area contributed by atoms with Crippen LogP contribution in [0.2, 0.25) is 0 Å². The maximum Gasteiger partial charge on any atom is 0.148 e. The van der Waals surface area contributed by atoms with E-state index in [0.717, 1.165) is 59.7 Å². The fraction of sp³-hybridized carbons (Fsp3) is 0.364. The lowest BCUT2D eigenvalue weighted by molar-refractivity contribution is 0.147. The molecule has 1 aromatic heterocycles. The molecule has 7 heteroatoms. The molecule has 2 aromatic carbocycles. The van der Waals surface area contributed by atoms with Gasteiger partial charge in [0.15, 0.2) is 0 Å². The number of fused-ring (bicyclic) bond motifs is 1. The van der Waals surface area contributed by atoms with Crippen LogP contribution >= 0.6 is 27.9 Å². The van der Waals surface area contributed by atoms with E-state index >= 15 is 0 Å². The van der Waals surface area contributed by atoms with Crippen LogP contribution in [-0.4, -0.2) is 51.9 Å². The van der Waals surface area contributed by atoms with Gasteiger partial charge >= 0.3 is 0 Å². The number of halogens is 1. The lowest BCUT2D eigenvalue weighted by Gasteiger charge is -2.36. The van der Waals surface area contributed by atoms with Gasteiger partial charge in [-0.05, 0) is 62.2 Å². The second kappa shape index (κ2) is 9.43. The number of piperazine rings is 1. The van der Waals surface area contributed by atoms with Crippen LogP contribution in [-0.2, 0) is 0 Å². The van der Waals surface area contributed by atoms with Crippen molar-refractivity contribution in [2.45, 2.75) is 24.8 Å². The van der Waals surface area contributed by atoms with Gasteiger partial charge in [0.1, 0.15) is 11.6 Å². The van der Waals surface area contributed by atoms with Crippen molar-refractivity contribution in [3.05, 3.63) is 58.8 Å². The third-order valence-electron chi connectivity index (χ3n) is 5.21. The average Bonchev–Trinajstić information content (AvgIpc) is 2.75. The molecule has 5 nitrogen and oxygen atoms in total. The maximum absolute atomic E-state index is 4.87. The van der Waals surface area contributed by atoms with E-state index in [9.17, 15) is 0 Å². The smallest absolute Gasteiger partial charge is 0.148 e. The normalized spacial score (nSPS) is 16.8. The fourth-order valence-electron chi connectivity index (χ4n) is 3.57. The van der Waals surface area contributed by atoms with E-state index in [0.29, 0.717) is 0 Å². The summed E-state index contributed by atoms with van der Waals surface area (Å²) < 4.78 is 3.56. The topological polar surface area (TPSA) is 44.3 Å². The Kier molecular flexibility index (Phi) is 6.70. The number of hydrogen-bond acceptors (Lipinski definition) is 6. The molecule has 3 aromatic rings. The van der Waals surface area contributed by atoms with E-state index in [1.807, 2.05) is 24.1 Å². The second-order valence-corrected chi connectivity index (χ2v) is 9.25. The Hall–Kier alpha value is -1.67. The third kappa shape index (κ3) is 4.91. The minimum Gasteiger partial charge on any atom is -0.370 e. The Morgan fingerprint density at radius 3 is 2.48 bits per heavy atom. The molecule has 2 heterocycles. The number of nitrogens with one attached hydrogen (secondary N) is 1. The van der Waals surface area contributed by atoms with Crippen molar-refractivity contribution in [1.82, 2.24) is 19.2 Å². The first-order valence-electron chi connectivity index (χ1n) is 10.1. The number of benzene rings is 2. The van der Waals surface area contributed by atoms with Crippen molar-refractivity contribution in [3.8, 4) is 0 Å². The summed E-state index contributed by atoms with van der Waals surface area (Å²) in [6.07, 6.45) is 0. The second-order valence-electron chi connectivity index (χ2n) is 7.16. The van der Waals surface area contributed by atoms with Gasteiger partial charge in [-0.2, -0.15) is 0 Å². The van der Waals surface area contributed by atoms with Gasteiger partial charge in [-0.1, -0.05) is 28.1 Å². The van der Waals surface area contributed by atoms with Gasteiger partial charge in [0, 0.05) is 47.5 Å². The molecule has 0 radical (unpaired) electrons. The molecular weight excluding hydrogens is 446 g/mol. The Bertz CT molecular complexity index is 957. The highest BCUT2D eigenvalue weighted by Gasteiger charge is 2.25. The van der Waals surface area contributed by atoms with E-state index in [2.05, 4.69) is 80.7 Å². The molecule has 1 atom stereocenters. The van der Waals surface area contributed by atoms with Crippen molar-refractivity contribution >= 4 is 44.6 Å². The molecule has 1 aliphatic heterocycles. The summed E-state index contributed by atoms with van der Waals surface area (Å²) in [5.41, 5.74) is 1.00. The molecule has 0 amide bonds.